The van der Waals surface area contributed by atoms with Crippen molar-refractivity contribution in [3.05, 3.63) is 49.1 Å². The molecule has 0 aromatic carbocycles. The molecule has 0 bridgehead atoms. The first-order valence-electron chi connectivity index (χ1n) is 4.72. The van der Waals surface area contributed by atoms with Crippen molar-refractivity contribution in [2.75, 3.05) is 10.6 Å². The van der Waals surface area contributed by atoms with Crippen molar-refractivity contribution >= 4 is 28.7 Å². The predicted molar refractivity (Wildman–Crippen MR) is 68.3 cm³/mol. The van der Waals surface area contributed by atoms with Crippen LogP contribution in [-0.2, 0) is 0 Å². The lowest BCUT2D eigenvalue weighted by atomic mass is 10.4. The van der Waals surface area contributed by atoms with Gasteiger partial charge in [0.2, 0.25) is 0 Å². The molecule has 5 heteroatoms. The molecule has 0 fully saturated rings. The maximum atomic E-state index is 5.14. The SMILES string of the molecule is S=C(Nc1cccnc1)Nc1cccnc1. The highest BCUT2D eigenvalue weighted by Gasteiger charge is 1.97. The molecule has 0 radical (unpaired) electrons. The topological polar surface area (TPSA) is 49.8 Å². The molecule has 2 rings (SSSR count). The lowest BCUT2D eigenvalue weighted by Gasteiger charge is -2.09. The standard InChI is InChI=1S/C11H10N4S/c16-11(14-9-3-1-5-12-7-9)15-10-4-2-6-13-8-10/h1-8H,(H2,14,15,16). The molecular weight excluding hydrogens is 220 g/mol. The number of anilines is 2. The number of nitrogens with one attached hydrogen (secondary N) is 2. The first-order valence-corrected chi connectivity index (χ1v) is 5.13. The summed E-state index contributed by atoms with van der Waals surface area (Å²) in [5.74, 6) is 0. The van der Waals surface area contributed by atoms with Crippen LogP contribution in [0.4, 0.5) is 11.4 Å². The van der Waals surface area contributed by atoms with E-state index in [1.165, 1.54) is 0 Å². The third kappa shape index (κ3) is 2.99. The lowest BCUT2D eigenvalue weighted by Crippen LogP contribution is -2.19. The van der Waals surface area contributed by atoms with E-state index < -0.39 is 0 Å². The smallest absolute Gasteiger partial charge is 0.175 e. The van der Waals surface area contributed by atoms with Crippen molar-refractivity contribution in [1.82, 2.24) is 9.97 Å². The van der Waals surface area contributed by atoms with E-state index in [2.05, 4.69) is 20.6 Å². The van der Waals surface area contributed by atoms with Gasteiger partial charge in [-0.25, -0.2) is 0 Å². The van der Waals surface area contributed by atoms with Crippen LogP contribution in [0.1, 0.15) is 0 Å². The second kappa shape index (κ2) is 5.18. The molecular formula is C11H10N4S. The second-order valence-corrected chi connectivity index (χ2v) is 3.47. The summed E-state index contributed by atoms with van der Waals surface area (Å²) in [6.07, 6.45) is 6.83. The summed E-state index contributed by atoms with van der Waals surface area (Å²) >= 11 is 5.14. The summed E-state index contributed by atoms with van der Waals surface area (Å²) < 4.78 is 0. The summed E-state index contributed by atoms with van der Waals surface area (Å²) in [6.45, 7) is 0. The van der Waals surface area contributed by atoms with Gasteiger partial charge in [-0.3, -0.25) is 9.97 Å². The molecule has 0 unspecified atom stereocenters. The zero-order valence-corrected chi connectivity index (χ0v) is 9.24. The van der Waals surface area contributed by atoms with Crippen molar-refractivity contribution in [1.29, 1.82) is 0 Å². The molecule has 0 aliphatic heterocycles. The monoisotopic (exact) mass is 230 g/mol. The van der Waals surface area contributed by atoms with E-state index in [1.807, 2.05) is 24.3 Å². The molecule has 2 heterocycles. The Bertz CT molecular complexity index is 414. The number of hydrogen-bond acceptors (Lipinski definition) is 3. The highest BCUT2D eigenvalue weighted by atomic mass is 32.1. The Balaban J connectivity index is 1.95. The number of pyridine rings is 2. The Morgan fingerprint density at radius 3 is 1.81 bits per heavy atom. The third-order valence-electron chi connectivity index (χ3n) is 1.84. The number of thiocarbonyl (C=S) groups is 1. The van der Waals surface area contributed by atoms with Crippen LogP contribution < -0.4 is 10.6 Å². The molecule has 80 valence electrons. The van der Waals surface area contributed by atoms with E-state index in [1.54, 1.807) is 24.8 Å². The van der Waals surface area contributed by atoms with Crippen LogP contribution in [0.2, 0.25) is 0 Å². The minimum atomic E-state index is 0.515. The molecule has 0 aliphatic carbocycles. The average Bonchev–Trinajstić information content (AvgIpc) is 2.31. The first-order chi connectivity index (χ1) is 7.84. The van der Waals surface area contributed by atoms with Gasteiger partial charge in [0.25, 0.3) is 0 Å². The van der Waals surface area contributed by atoms with Crippen LogP contribution in [0.25, 0.3) is 0 Å². The van der Waals surface area contributed by atoms with E-state index in [0.29, 0.717) is 5.11 Å². The highest BCUT2D eigenvalue weighted by molar-refractivity contribution is 7.80. The van der Waals surface area contributed by atoms with E-state index in [0.717, 1.165) is 11.4 Å². The predicted octanol–water partition coefficient (Wildman–Crippen LogP) is 2.29. The van der Waals surface area contributed by atoms with Gasteiger partial charge in [-0.05, 0) is 36.5 Å². The molecule has 0 atom stereocenters. The molecule has 0 saturated carbocycles. The molecule has 0 saturated heterocycles. The van der Waals surface area contributed by atoms with Gasteiger partial charge in [0.05, 0.1) is 23.8 Å². The summed E-state index contributed by atoms with van der Waals surface area (Å²) in [4.78, 5) is 7.97. The van der Waals surface area contributed by atoms with E-state index in [4.69, 9.17) is 12.2 Å². The summed E-state index contributed by atoms with van der Waals surface area (Å²) in [5, 5.41) is 6.56. The maximum absolute atomic E-state index is 5.14. The van der Waals surface area contributed by atoms with Crippen LogP contribution in [0.3, 0.4) is 0 Å². The fraction of sp³-hybridized carbons (Fsp3) is 0. The van der Waals surface area contributed by atoms with Crippen LogP contribution in [0.15, 0.2) is 49.1 Å². The van der Waals surface area contributed by atoms with E-state index >= 15 is 0 Å². The van der Waals surface area contributed by atoms with Crippen molar-refractivity contribution in [2.45, 2.75) is 0 Å². The molecule has 0 aliphatic rings. The van der Waals surface area contributed by atoms with Crippen LogP contribution in [0.5, 0.6) is 0 Å². The van der Waals surface area contributed by atoms with Gasteiger partial charge in [-0.15, -0.1) is 0 Å². The van der Waals surface area contributed by atoms with Crippen molar-refractivity contribution < 1.29 is 0 Å². The summed E-state index contributed by atoms with van der Waals surface area (Å²) in [5.41, 5.74) is 1.70. The zero-order chi connectivity index (χ0) is 11.2. The third-order valence-corrected chi connectivity index (χ3v) is 2.04. The molecule has 2 aromatic rings. The quantitative estimate of drug-likeness (QED) is 0.775. The summed E-state index contributed by atoms with van der Waals surface area (Å²) in [6, 6.07) is 7.47. The van der Waals surface area contributed by atoms with Gasteiger partial charge < -0.3 is 10.6 Å². The first kappa shape index (κ1) is 10.5. The number of rotatable bonds is 2. The van der Waals surface area contributed by atoms with Crippen molar-refractivity contribution in [3.8, 4) is 0 Å². The van der Waals surface area contributed by atoms with Gasteiger partial charge in [0, 0.05) is 12.4 Å². The van der Waals surface area contributed by atoms with Crippen LogP contribution in [-0.4, -0.2) is 15.1 Å². The Kier molecular flexibility index (Phi) is 3.40. The Hall–Kier alpha value is -2.01. The molecule has 4 nitrogen and oxygen atoms in total. The van der Waals surface area contributed by atoms with Gasteiger partial charge in [-0.1, -0.05) is 0 Å². The highest BCUT2D eigenvalue weighted by Crippen LogP contribution is 2.06. The molecule has 16 heavy (non-hydrogen) atoms. The molecule has 2 aromatic heterocycles. The van der Waals surface area contributed by atoms with Crippen molar-refractivity contribution in [2.24, 2.45) is 0 Å². The normalized spacial score (nSPS) is 9.50. The Morgan fingerprint density at radius 2 is 1.44 bits per heavy atom. The second-order valence-electron chi connectivity index (χ2n) is 3.06. The minimum absolute atomic E-state index is 0.515. The molecule has 0 spiro atoms. The number of aromatic nitrogens is 2. The number of nitrogens with zero attached hydrogens (tertiary/aromatic N) is 2. The number of hydrogen-bond donors (Lipinski definition) is 2. The summed E-state index contributed by atoms with van der Waals surface area (Å²) in [7, 11) is 0. The zero-order valence-electron chi connectivity index (χ0n) is 8.42. The fourth-order valence-electron chi connectivity index (χ4n) is 1.17. The van der Waals surface area contributed by atoms with Crippen LogP contribution in [0, 0.1) is 0 Å². The minimum Gasteiger partial charge on any atom is -0.331 e. The Morgan fingerprint density at radius 1 is 0.938 bits per heavy atom. The van der Waals surface area contributed by atoms with Gasteiger partial charge in [0.1, 0.15) is 0 Å². The molecule has 2 N–H and O–H groups in total. The van der Waals surface area contributed by atoms with Crippen molar-refractivity contribution in [3.63, 3.8) is 0 Å². The van der Waals surface area contributed by atoms with E-state index in [-0.39, 0.29) is 0 Å². The Labute approximate surface area is 98.8 Å². The largest absolute Gasteiger partial charge is 0.331 e. The molecule has 0 amide bonds. The maximum Gasteiger partial charge on any atom is 0.175 e. The van der Waals surface area contributed by atoms with Gasteiger partial charge in [-0.2, -0.15) is 0 Å². The van der Waals surface area contributed by atoms with Gasteiger partial charge in [0.15, 0.2) is 5.11 Å². The van der Waals surface area contributed by atoms with Gasteiger partial charge >= 0.3 is 0 Å². The van der Waals surface area contributed by atoms with E-state index in [9.17, 15) is 0 Å². The fourth-order valence-corrected chi connectivity index (χ4v) is 1.40. The lowest BCUT2D eigenvalue weighted by molar-refractivity contribution is 1.32. The average molecular weight is 230 g/mol. The van der Waals surface area contributed by atoms with Crippen LogP contribution >= 0.6 is 12.2 Å².